The maximum Gasteiger partial charge on any atom is 0.411 e. The van der Waals surface area contributed by atoms with Gasteiger partial charge in [0.1, 0.15) is 12.1 Å². The molecule has 1 aromatic carbocycles. The van der Waals surface area contributed by atoms with Crippen LogP contribution in [0.25, 0.3) is 0 Å². The van der Waals surface area contributed by atoms with Crippen LogP contribution in [0, 0.1) is 12.8 Å². The average molecular weight is 378 g/mol. The molecule has 1 atom stereocenters. The van der Waals surface area contributed by atoms with Crippen LogP contribution in [0.4, 0.5) is 4.79 Å². The predicted molar refractivity (Wildman–Crippen MR) is 108 cm³/mol. The number of hydrogen-bond donors (Lipinski definition) is 0. The molecule has 1 unspecified atom stereocenters. The van der Waals surface area contributed by atoms with E-state index in [0.717, 1.165) is 17.5 Å². The van der Waals surface area contributed by atoms with Gasteiger partial charge in [0, 0.05) is 0 Å². The molecule has 1 aromatic rings. The third-order valence-corrected chi connectivity index (χ3v) is 4.39. The molecule has 1 amide bonds. The van der Waals surface area contributed by atoms with Crippen molar-refractivity contribution in [1.82, 2.24) is 4.90 Å². The van der Waals surface area contributed by atoms with Crippen molar-refractivity contribution < 1.29 is 19.1 Å². The van der Waals surface area contributed by atoms with Crippen molar-refractivity contribution in [3.8, 4) is 0 Å². The minimum absolute atomic E-state index is 0.141. The summed E-state index contributed by atoms with van der Waals surface area (Å²) in [5.74, 6) is 0.0753. The van der Waals surface area contributed by atoms with Crippen LogP contribution in [0.2, 0.25) is 0 Å². The highest BCUT2D eigenvalue weighted by Gasteiger charge is 2.31. The van der Waals surface area contributed by atoms with Crippen LogP contribution in [-0.4, -0.2) is 36.2 Å². The number of amides is 1. The van der Waals surface area contributed by atoms with E-state index in [1.165, 1.54) is 17.6 Å². The summed E-state index contributed by atoms with van der Waals surface area (Å²) in [4.78, 5) is 26.3. The molecular weight excluding hydrogens is 342 g/mol. The van der Waals surface area contributed by atoms with Crippen LogP contribution in [0.5, 0.6) is 0 Å². The number of carbonyl (C=O) groups excluding carboxylic acids is 2. The third-order valence-electron chi connectivity index (χ3n) is 4.39. The molecule has 0 aliphatic heterocycles. The van der Waals surface area contributed by atoms with Gasteiger partial charge < -0.3 is 9.47 Å². The van der Waals surface area contributed by atoms with Crippen molar-refractivity contribution in [1.29, 1.82) is 0 Å². The molecular formula is C22H35NO4. The molecule has 0 aliphatic rings. The van der Waals surface area contributed by atoms with Crippen LogP contribution in [0.3, 0.4) is 0 Å². The SMILES string of the molecule is CCC(c1cccc(CC(C)C)c1C)N(CC(=O)OC)C(=O)OC(C)(C)C. The van der Waals surface area contributed by atoms with Gasteiger partial charge in [0.25, 0.3) is 0 Å². The summed E-state index contributed by atoms with van der Waals surface area (Å²) in [7, 11) is 1.32. The number of hydrogen-bond acceptors (Lipinski definition) is 4. The van der Waals surface area contributed by atoms with Crippen molar-refractivity contribution >= 4 is 12.1 Å². The largest absolute Gasteiger partial charge is 0.468 e. The Labute approximate surface area is 164 Å². The Morgan fingerprint density at radius 3 is 2.30 bits per heavy atom. The van der Waals surface area contributed by atoms with Gasteiger partial charge in [-0.15, -0.1) is 0 Å². The van der Waals surface area contributed by atoms with Crippen LogP contribution in [0.15, 0.2) is 18.2 Å². The molecule has 0 aromatic heterocycles. The van der Waals surface area contributed by atoms with Crippen molar-refractivity contribution in [2.45, 2.75) is 73.0 Å². The molecule has 0 heterocycles. The van der Waals surface area contributed by atoms with Crippen LogP contribution < -0.4 is 0 Å². The molecule has 1 rings (SSSR count). The molecule has 152 valence electrons. The summed E-state index contributed by atoms with van der Waals surface area (Å²) in [5.41, 5.74) is 2.84. The summed E-state index contributed by atoms with van der Waals surface area (Å²) in [6.07, 6.45) is 1.13. The first-order valence-corrected chi connectivity index (χ1v) is 9.65. The zero-order valence-electron chi connectivity index (χ0n) is 18.1. The quantitative estimate of drug-likeness (QED) is 0.624. The zero-order valence-corrected chi connectivity index (χ0v) is 18.1. The van der Waals surface area contributed by atoms with E-state index in [1.54, 1.807) is 0 Å². The van der Waals surface area contributed by atoms with E-state index < -0.39 is 17.7 Å². The molecule has 0 spiro atoms. The summed E-state index contributed by atoms with van der Waals surface area (Å²) < 4.78 is 10.4. The van der Waals surface area contributed by atoms with Crippen LogP contribution in [0.1, 0.15) is 70.7 Å². The second-order valence-electron chi connectivity index (χ2n) is 8.34. The normalized spacial score (nSPS) is 12.6. The van der Waals surface area contributed by atoms with Gasteiger partial charge in [0.05, 0.1) is 13.2 Å². The minimum atomic E-state index is -0.641. The lowest BCUT2D eigenvalue weighted by Crippen LogP contribution is -2.42. The Hall–Kier alpha value is -2.04. The van der Waals surface area contributed by atoms with Gasteiger partial charge in [-0.3, -0.25) is 9.69 Å². The summed E-state index contributed by atoms with van der Waals surface area (Å²) in [5, 5.41) is 0. The molecule has 0 bridgehead atoms. The Bertz CT molecular complexity index is 646. The minimum Gasteiger partial charge on any atom is -0.468 e. The van der Waals surface area contributed by atoms with E-state index in [1.807, 2.05) is 39.8 Å². The Morgan fingerprint density at radius 1 is 1.19 bits per heavy atom. The summed E-state index contributed by atoms with van der Waals surface area (Å²) in [6, 6.07) is 5.92. The van der Waals surface area contributed by atoms with E-state index in [9.17, 15) is 9.59 Å². The smallest absolute Gasteiger partial charge is 0.411 e. The molecule has 0 aliphatic carbocycles. The first-order valence-electron chi connectivity index (χ1n) is 9.65. The number of ether oxygens (including phenoxy) is 2. The Balaban J connectivity index is 3.32. The highest BCUT2D eigenvalue weighted by atomic mass is 16.6. The predicted octanol–water partition coefficient (Wildman–Crippen LogP) is 5.05. The van der Waals surface area contributed by atoms with Crippen molar-refractivity contribution in [3.63, 3.8) is 0 Å². The molecule has 0 saturated heterocycles. The lowest BCUT2D eigenvalue weighted by atomic mass is 9.91. The monoisotopic (exact) mass is 377 g/mol. The second-order valence-corrected chi connectivity index (χ2v) is 8.34. The highest BCUT2D eigenvalue weighted by Crippen LogP contribution is 2.31. The molecule has 0 fully saturated rings. The fourth-order valence-corrected chi connectivity index (χ4v) is 3.16. The van der Waals surface area contributed by atoms with E-state index in [4.69, 9.17) is 9.47 Å². The molecule has 27 heavy (non-hydrogen) atoms. The fraction of sp³-hybridized carbons (Fsp3) is 0.636. The number of carbonyl (C=O) groups is 2. The molecule has 0 saturated carbocycles. The Kier molecular flexibility index (Phi) is 8.32. The second kappa shape index (κ2) is 9.77. The van der Waals surface area contributed by atoms with Crippen molar-refractivity contribution in [2.24, 2.45) is 5.92 Å². The van der Waals surface area contributed by atoms with Gasteiger partial charge in [-0.1, -0.05) is 39.0 Å². The van der Waals surface area contributed by atoms with Gasteiger partial charge in [-0.05, 0) is 63.1 Å². The first-order chi connectivity index (χ1) is 12.5. The van der Waals surface area contributed by atoms with Crippen LogP contribution >= 0.6 is 0 Å². The van der Waals surface area contributed by atoms with Crippen molar-refractivity contribution in [2.75, 3.05) is 13.7 Å². The lowest BCUT2D eigenvalue weighted by molar-refractivity contribution is -0.142. The fourth-order valence-electron chi connectivity index (χ4n) is 3.16. The zero-order chi connectivity index (χ0) is 20.8. The number of benzene rings is 1. The van der Waals surface area contributed by atoms with Gasteiger partial charge >= 0.3 is 12.1 Å². The Morgan fingerprint density at radius 2 is 1.81 bits per heavy atom. The third kappa shape index (κ3) is 6.89. The molecule has 5 nitrogen and oxygen atoms in total. The molecule has 0 radical (unpaired) electrons. The summed E-state index contributed by atoms with van der Waals surface area (Å²) >= 11 is 0. The number of methoxy groups -OCH3 is 1. The van der Waals surface area contributed by atoms with E-state index in [2.05, 4.69) is 26.8 Å². The van der Waals surface area contributed by atoms with Gasteiger partial charge in [-0.25, -0.2) is 4.79 Å². The number of nitrogens with zero attached hydrogens (tertiary/aromatic N) is 1. The standard InChI is InChI=1S/C22H35NO4/c1-9-19(18-12-10-11-17(16(18)4)13-15(2)3)23(14-20(24)26-8)21(25)27-22(5,6)7/h10-12,15,19H,9,13-14H2,1-8H3. The van der Waals surface area contributed by atoms with Crippen LogP contribution in [-0.2, 0) is 20.7 Å². The van der Waals surface area contributed by atoms with E-state index in [-0.39, 0.29) is 12.6 Å². The van der Waals surface area contributed by atoms with Crippen molar-refractivity contribution in [3.05, 3.63) is 34.9 Å². The maximum atomic E-state index is 12.9. The highest BCUT2D eigenvalue weighted by molar-refractivity contribution is 5.78. The molecule has 0 N–H and O–H groups in total. The lowest BCUT2D eigenvalue weighted by Gasteiger charge is -2.33. The van der Waals surface area contributed by atoms with E-state index in [0.29, 0.717) is 12.3 Å². The van der Waals surface area contributed by atoms with Gasteiger partial charge in [0.2, 0.25) is 0 Å². The first kappa shape index (κ1) is 23.0. The number of rotatable bonds is 7. The average Bonchev–Trinajstić information content (AvgIpc) is 2.55. The number of esters is 1. The summed E-state index contributed by atoms with van der Waals surface area (Å²) in [6.45, 7) is 13.8. The van der Waals surface area contributed by atoms with Gasteiger partial charge in [-0.2, -0.15) is 0 Å². The van der Waals surface area contributed by atoms with Gasteiger partial charge in [0.15, 0.2) is 0 Å². The van der Waals surface area contributed by atoms with E-state index >= 15 is 0 Å². The maximum absolute atomic E-state index is 12.9. The topological polar surface area (TPSA) is 55.8 Å². The molecule has 5 heteroatoms.